The summed E-state index contributed by atoms with van der Waals surface area (Å²) >= 11 is 0. The lowest BCUT2D eigenvalue weighted by molar-refractivity contribution is 0.197. The largest absolute Gasteiger partial charge is 0.467 e. The van der Waals surface area contributed by atoms with E-state index < -0.39 is 0 Å². The van der Waals surface area contributed by atoms with Gasteiger partial charge in [0, 0.05) is 0 Å². The molecule has 0 fully saturated rings. The Hall–Kier alpha value is -3.01. The van der Waals surface area contributed by atoms with Gasteiger partial charge in [-0.1, -0.05) is 60.7 Å². The summed E-state index contributed by atoms with van der Waals surface area (Å²) in [7, 11) is 0. The Morgan fingerprint density at radius 3 is 2.09 bits per heavy atom. The smallest absolute Gasteiger partial charge is 0.219 e. The van der Waals surface area contributed by atoms with E-state index in [9.17, 15) is 0 Å². The maximum Gasteiger partial charge on any atom is 0.219 e. The van der Waals surface area contributed by atoms with Crippen molar-refractivity contribution in [1.82, 2.24) is 10.2 Å². The molecular formula is C19H15N3O. The van der Waals surface area contributed by atoms with Crippen molar-refractivity contribution in [3.63, 3.8) is 0 Å². The van der Waals surface area contributed by atoms with Crippen LogP contribution in [0.1, 0.15) is 28.8 Å². The van der Waals surface area contributed by atoms with Crippen LogP contribution >= 0.6 is 0 Å². The fourth-order valence-electron chi connectivity index (χ4n) is 2.76. The maximum atomic E-state index is 6.18. The number of benzene rings is 2. The molecule has 0 saturated carbocycles. The molecule has 2 atom stereocenters. The first-order valence-corrected chi connectivity index (χ1v) is 7.53. The van der Waals surface area contributed by atoms with Crippen molar-refractivity contribution in [2.24, 2.45) is 4.99 Å². The fourth-order valence-corrected chi connectivity index (χ4v) is 2.76. The van der Waals surface area contributed by atoms with Crippen molar-refractivity contribution in [2.75, 3.05) is 0 Å². The molecule has 2 aromatic carbocycles. The third kappa shape index (κ3) is 2.71. The lowest BCUT2D eigenvalue weighted by atomic mass is 9.97. The van der Waals surface area contributed by atoms with Crippen molar-refractivity contribution in [3.8, 4) is 0 Å². The monoisotopic (exact) mass is 301 g/mol. The molecule has 0 spiro atoms. The highest BCUT2D eigenvalue weighted by Crippen LogP contribution is 2.40. The van der Waals surface area contributed by atoms with E-state index >= 15 is 0 Å². The average molecular weight is 301 g/mol. The standard InChI is InChI=1S/C19H15N3O/c1-3-7-14(8-4-1)17-18(15-9-5-2-6-10-15)23-19(22-17)16-11-12-20-21-13-16/h1-13,17-18H. The minimum absolute atomic E-state index is 0.0678. The summed E-state index contributed by atoms with van der Waals surface area (Å²) in [6.07, 6.45) is 3.19. The minimum Gasteiger partial charge on any atom is -0.467 e. The van der Waals surface area contributed by atoms with Crippen molar-refractivity contribution >= 4 is 5.90 Å². The summed E-state index contributed by atoms with van der Waals surface area (Å²) < 4.78 is 6.18. The van der Waals surface area contributed by atoms with E-state index in [1.165, 1.54) is 0 Å². The van der Waals surface area contributed by atoms with Gasteiger partial charge in [-0.15, -0.1) is 0 Å². The maximum absolute atomic E-state index is 6.18. The second kappa shape index (κ2) is 6.01. The Kier molecular flexibility index (Phi) is 3.56. The molecule has 0 amide bonds. The zero-order valence-electron chi connectivity index (χ0n) is 12.4. The van der Waals surface area contributed by atoms with E-state index in [2.05, 4.69) is 34.5 Å². The van der Waals surface area contributed by atoms with Gasteiger partial charge in [0.25, 0.3) is 0 Å². The van der Waals surface area contributed by atoms with Gasteiger partial charge in [-0.05, 0) is 17.2 Å². The Labute approximate surface area is 134 Å². The van der Waals surface area contributed by atoms with Gasteiger partial charge < -0.3 is 4.74 Å². The molecule has 1 aliphatic rings. The quantitative estimate of drug-likeness (QED) is 0.740. The first-order valence-electron chi connectivity index (χ1n) is 7.53. The molecule has 23 heavy (non-hydrogen) atoms. The van der Waals surface area contributed by atoms with E-state index in [1.54, 1.807) is 12.4 Å². The Morgan fingerprint density at radius 2 is 1.43 bits per heavy atom. The molecular weight excluding hydrogens is 286 g/mol. The van der Waals surface area contributed by atoms with E-state index in [4.69, 9.17) is 9.73 Å². The Bertz CT molecular complexity index is 804. The first-order chi connectivity index (χ1) is 11.4. The summed E-state index contributed by atoms with van der Waals surface area (Å²) in [6.45, 7) is 0. The highest BCUT2D eigenvalue weighted by molar-refractivity contribution is 5.95. The van der Waals surface area contributed by atoms with E-state index in [0.717, 1.165) is 16.7 Å². The van der Waals surface area contributed by atoms with Crippen LogP contribution in [0.4, 0.5) is 0 Å². The third-order valence-corrected chi connectivity index (χ3v) is 3.88. The summed E-state index contributed by atoms with van der Waals surface area (Å²) in [6, 6.07) is 22.2. The zero-order chi connectivity index (χ0) is 15.5. The van der Waals surface area contributed by atoms with Crippen LogP contribution in [0.2, 0.25) is 0 Å². The van der Waals surface area contributed by atoms with Gasteiger partial charge in [0.1, 0.15) is 6.04 Å². The molecule has 0 saturated heterocycles. The van der Waals surface area contributed by atoms with E-state index in [-0.39, 0.29) is 12.1 Å². The summed E-state index contributed by atoms with van der Waals surface area (Å²) in [5, 5.41) is 7.72. The number of rotatable bonds is 3. The molecule has 0 bridgehead atoms. The second-order valence-electron chi connectivity index (χ2n) is 5.37. The van der Waals surface area contributed by atoms with Gasteiger partial charge in [0.05, 0.1) is 18.0 Å². The Morgan fingerprint density at radius 1 is 0.739 bits per heavy atom. The lowest BCUT2D eigenvalue weighted by Crippen LogP contribution is -2.09. The first kappa shape index (κ1) is 13.6. The van der Waals surface area contributed by atoms with Gasteiger partial charge in [-0.2, -0.15) is 10.2 Å². The number of ether oxygens (including phenoxy) is 1. The van der Waals surface area contributed by atoms with Gasteiger partial charge in [0.15, 0.2) is 6.10 Å². The SMILES string of the molecule is c1ccc(C2N=C(c3ccnnc3)OC2c2ccccc2)cc1. The molecule has 4 nitrogen and oxygen atoms in total. The molecule has 4 rings (SSSR count). The molecule has 0 aliphatic carbocycles. The topological polar surface area (TPSA) is 47.4 Å². The molecule has 112 valence electrons. The normalized spacial score (nSPS) is 19.9. The van der Waals surface area contributed by atoms with Crippen molar-refractivity contribution in [2.45, 2.75) is 12.1 Å². The highest BCUT2D eigenvalue weighted by atomic mass is 16.5. The van der Waals surface area contributed by atoms with Crippen LogP contribution in [0.5, 0.6) is 0 Å². The molecule has 0 radical (unpaired) electrons. The number of hydrogen-bond donors (Lipinski definition) is 0. The van der Waals surface area contributed by atoms with Crippen molar-refractivity contribution in [3.05, 3.63) is 95.8 Å². The average Bonchev–Trinajstić information content (AvgIpc) is 3.09. The molecule has 3 aromatic rings. The predicted octanol–water partition coefficient (Wildman–Crippen LogP) is 3.74. The van der Waals surface area contributed by atoms with Crippen LogP contribution in [0.15, 0.2) is 84.1 Å². The highest BCUT2D eigenvalue weighted by Gasteiger charge is 2.34. The van der Waals surface area contributed by atoms with Crippen LogP contribution < -0.4 is 0 Å². The molecule has 1 aliphatic heterocycles. The molecule has 4 heteroatoms. The van der Waals surface area contributed by atoms with Crippen LogP contribution in [0.25, 0.3) is 0 Å². The van der Waals surface area contributed by atoms with Crippen molar-refractivity contribution in [1.29, 1.82) is 0 Å². The van der Waals surface area contributed by atoms with E-state index in [0.29, 0.717) is 5.90 Å². The number of aliphatic imine (C=N–C) groups is 1. The van der Waals surface area contributed by atoms with Crippen LogP contribution in [-0.4, -0.2) is 16.1 Å². The molecule has 2 unspecified atom stereocenters. The fraction of sp³-hybridized carbons (Fsp3) is 0.105. The van der Waals surface area contributed by atoms with Crippen molar-refractivity contribution < 1.29 is 4.74 Å². The Balaban J connectivity index is 1.75. The third-order valence-electron chi connectivity index (χ3n) is 3.88. The number of nitrogens with zero attached hydrogens (tertiary/aromatic N) is 3. The van der Waals surface area contributed by atoms with Crippen LogP contribution in [0, 0.1) is 0 Å². The number of hydrogen-bond acceptors (Lipinski definition) is 4. The lowest BCUT2D eigenvalue weighted by Gasteiger charge is -2.18. The van der Waals surface area contributed by atoms with Crippen LogP contribution in [-0.2, 0) is 4.74 Å². The van der Waals surface area contributed by atoms with Gasteiger partial charge in [-0.25, -0.2) is 4.99 Å². The number of aromatic nitrogens is 2. The minimum atomic E-state index is -0.137. The van der Waals surface area contributed by atoms with Crippen LogP contribution in [0.3, 0.4) is 0 Å². The second-order valence-corrected chi connectivity index (χ2v) is 5.37. The zero-order valence-corrected chi connectivity index (χ0v) is 12.4. The molecule has 0 N–H and O–H groups in total. The summed E-state index contributed by atoms with van der Waals surface area (Å²) in [5.74, 6) is 0.614. The molecule has 2 heterocycles. The van der Waals surface area contributed by atoms with Gasteiger partial charge in [-0.3, -0.25) is 0 Å². The summed E-state index contributed by atoms with van der Waals surface area (Å²) in [5.41, 5.74) is 3.10. The van der Waals surface area contributed by atoms with Gasteiger partial charge >= 0.3 is 0 Å². The predicted molar refractivity (Wildman–Crippen MR) is 88.0 cm³/mol. The summed E-state index contributed by atoms with van der Waals surface area (Å²) in [4.78, 5) is 4.81. The molecule has 1 aromatic heterocycles. The van der Waals surface area contributed by atoms with E-state index in [1.807, 2.05) is 42.5 Å². The van der Waals surface area contributed by atoms with Gasteiger partial charge in [0.2, 0.25) is 5.90 Å².